The average Bonchev–Trinajstić information content (AvgIpc) is 3.10. The minimum Gasteiger partial charge on any atom is -0.486 e. The van der Waals surface area contributed by atoms with E-state index in [0.717, 1.165) is 16.8 Å². The number of amides is 1. The number of carbonyl (C=O) groups is 1. The number of nitrogens with one attached hydrogen (secondary N) is 1. The molecule has 0 saturated carbocycles. The lowest BCUT2D eigenvalue weighted by molar-refractivity contribution is -0.115. The molecule has 26 heavy (non-hydrogen) atoms. The lowest BCUT2D eigenvalue weighted by Crippen LogP contribution is -2.17. The van der Waals surface area contributed by atoms with Crippen molar-refractivity contribution < 1.29 is 14.3 Å². The fraction of sp³-hybridized carbons (Fsp3) is 0.158. The zero-order valence-electron chi connectivity index (χ0n) is 13.7. The molecule has 0 aliphatic carbocycles. The number of halogens is 1. The van der Waals surface area contributed by atoms with E-state index in [1.54, 1.807) is 0 Å². The van der Waals surface area contributed by atoms with Gasteiger partial charge in [-0.15, -0.1) is 11.3 Å². The van der Waals surface area contributed by atoms with Crippen molar-refractivity contribution in [2.24, 2.45) is 0 Å². The number of benzene rings is 2. The molecule has 4 rings (SSSR count). The Morgan fingerprint density at radius 3 is 2.85 bits per heavy atom. The van der Waals surface area contributed by atoms with Crippen molar-refractivity contribution >= 4 is 34.0 Å². The van der Waals surface area contributed by atoms with Gasteiger partial charge in [0, 0.05) is 16.0 Å². The van der Waals surface area contributed by atoms with Crippen LogP contribution in [0, 0.1) is 0 Å². The molecule has 0 atom stereocenters. The minimum atomic E-state index is -0.131. The third-order valence-corrected chi connectivity index (χ3v) is 4.84. The topological polar surface area (TPSA) is 60.5 Å². The predicted octanol–water partition coefficient (Wildman–Crippen LogP) is 4.42. The molecule has 0 fully saturated rings. The summed E-state index contributed by atoms with van der Waals surface area (Å²) in [4.78, 5) is 16.8. The second-order valence-electron chi connectivity index (χ2n) is 5.75. The number of nitrogens with zero attached hydrogens (tertiary/aromatic N) is 1. The van der Waals surface area contributed by atoms with Crippen molar-refractivity contribution in [3.63, 3.8) is 0 Å². The van der Waals surface area contributed by atoms with Crippen LogP contribution in [-0.4, -0.2) is 24.1 Å². The van der Waals surface area contributed by atoms with Crippen molar-refractivity contribution in [3.8, 4) is 22.8 Å². The maximum atomic E-state index is 12.3. The van der Waals surface area contributed by atoms with Gasteiger partial charge in [-0.25, -0.2) is 4.98 Å². The van der Waals surface area contributed by atoms with Crippen LogP contribution >= 0.6 is 22.9 Å². The zero-order chi connectivity index (χ0) is 17.9. The minimum absolute atomic E-state index is 0.131. The molecule has 1 aromatic heterocycles. The molecule has 1 aliphatic rings. The second-order valence-corrected chi connectivity index (χ2v) is 7.05. The normalized spacial score (nSPS) is 12.7. The number of anilines is 1. The smallest absolute Gasteiger partial charge is 0.230 e. The van der Waals surface area contributed by atoms with E-state index in [9.17, 15) is 4.79 Å². The number of hydrogen-bond donors (Lipinski definition) is 1. The number of carbonyl (C=O) groups excluding carboxylic acids is 1. The van der Waals surface area contributed by atoms with E-state index in [-0.39, 0.29) is 12.3 Å². The number of ether oxygens (including phenoxy) is 2. The molecule has 2 aromatic carbocycles. The van der Waals surface area contributed by atoms with E-state index in [0.29, 0.717) is 34.9 Å². The van der Waals surface area contributed by atoms with Gasteiger partial charge in [0.2, 0.25) is 5.91 Å². The van der Waals surface area contributed by atoms with Crippen LogP contribution in [0.4, 0.5) is 5.13 Å². The Labute approximate surface area is 159 Å². The van der Waals surface area contributed by atoms with Crippen LogP contribution in [0.15, 0.2) is 47.8 Å². The second kappa shape index (κ2) is 7.35. The Hall–Kier alpha value is -2.57. The molecule has 0 radical (unpaired) electrons. The number of aromatic nitrogens is 1. The van der Waals surface area contributed by atoms with Gasteiger partial charge in [0.25, 0.3) is 0 Å². The summed E-state index contributed by atoms with van der Waals surface area (Å²) in [5, 5.41) is 5.94. The van der Waals surface area contributed by atoms with Gasteiger partial charge in [-0.1, -0.05) is 29.8 Å². The lowest BCUT2D eigenvalue weighted by atomic mass is 10.1. The van der Waals surface area contributed by atoms with Gasteiger partial charge in [0.1, 0.15) is 13.2 Å². The molecule has 0 saturated heterocycles. The number of fused-ring (bicyclic) bond motifs is 1. The third-order valence-electron chi connectivity index (χ3n) is 3.84. The number of rotatable bonds is 4. The molecule has 0 spiro atoms. The monoisotopic (exact) mass is 386 g/mol. The van der Waals surface area contributed by atoms with Crippen LogP contribution < -0.4 is 14.8 Å². The first-order valence-electron chi connectivity index (χ1n) is 8.07. The van der Waals surface area contributed by atoms with E-state index < -0.39 is 0 Å². The highest BCUT2D eigenvalue weighted by Crippen LogP contribution is 2.31. The summed E-state index contributed by atoms with van der Waals surface area (Å²) < 4.78 is 11.0. The first-order valence-corrected chi connectivity index (χ1v) is 9.33. The summed E-state index contributed by atoms with van der Waals surface area (Å²) in [5.74, 6) is 1.26. The van der Waals surface area contributed by atoms with Crippen molar-refractivity contribution in [2.75, 3.05) is 18.5 Å². The van der Waals surface area contributed by atoms with Crippen molar-refractivity contribution in [1.29, 1.82) is 0 Å². The molecule has 1 aliphatic heterocycles. The standard InChI is InChI=1S/C19H15ClN2O3S/c20-14-3-1-2-13(10-14)15-11-26-19(21-15)22-18(23)9-12-4-5-16-17(8-12)25-7-6-24-16/h1-5,8,10-11H,6-7,9H2,(H,21,22,23). The van der Waals surface area contributed by atoms with E-state index in [2.05, 4.69) is 10.3 Å². The van der Waals surface area contributed by atoms with Gasteiger partial charge in [0.05, 0.1) is 12.1 Å². The third kappa shape index (κ3) is 3.81. The van der Waals surface area contributed by atoms with Crippen LogP contribution in [-0.2, 0) is 11.2 Å². The number of thiazole rings is 1. The Kier molecular flexibility index (Phi) is 4.77. The van der Waals surface area contributed by atoms with Gasteiger partial charge in [0.15, 0.2) is 16.6 Å². The Balaban J connectivity index is 1.42. The first kappa shape index (κ1) is 16.9. The van der Waals surface area contributed by atoms with Crippen LogP contribution in [0.1, 0.15) is 5.56 Å². The molecule has 1 N–H and O–H groups in total. The SMILES string of the molecule is O=C(Cc1ccc2c(c1)OCCO2)Nc1nc(-c2cccc(Cl)c2)cs1. The van der Waals surface area contributed by atoms with E-state index in [1.807, 2.05) is 47.8 Å². The first-order chi connectivity index (χ1) is 12.7. The summed E-state index contributed by atoms with van der Waals surface area (Å²) in [6, 6.07) is 13.0. The van der Waals surface area contributed by atoms with Crippen LogP contribution in [0.25, 0.3) is 11.3 Å². The van der Waals surface area contributed by atoms with Crippen LogP contribution in [0.3, 0.4) is 0 Å². The Morgan fingerprint density at radius 2 is 2.00 bits per heavy atom. The maximum absolute atomic E-state index is 12.3. The molecule has 2 heterocycles. The summed E-state index contributed by atoms with van der Waals surface area (Å²) in [7, 11) is 0. The number of hydrogen-bond acceptors (Lipinski definition) is 5. The maximum Gasteiger partial charge on any atom is 0.230 e. The summed E-state index contributed by atoms with van der Waals surface area (Å²) in [5.41, 5.74) is 2.56. The summed E-state index contributed by atoms with van der Waals surface area (Å²) in [6.07, 6.45) is 0.239. The van der Waals surface area contributed by atoms with Crippen molar-refractivity contribution in [3.05, 3.63) is 58.4 Å². The Morgan fingerprint density at radius 1 is 1.15 bits per heavy atom. The lowest BCUT2D eigenvalue weighted by Gasteiger charge is -2.18. The molecular formula is C19H15ClN2O3S. The highest BCUT2D eigenvalue weighted by atomic mass is 35.5. The quantitative estimate of drug-likeness (QED) is 0.721. The van der Waals surface area contributed by atoms with E-state index >= 15 is 0 Å². The fourth-order valence-corrected chi connectivity index (χ4v) is 3.58. The molecule has 3 aromatic rings. The molecule has 1 amide bonds. The largest absolute Gasteiger partial charge is 0.486 e. The van der Waals surface area contributed by atoms with Gasteiger partial charge in [-0.05, 0) is 29.8 Å². The van der Waals surface area contributed by atoms with E-state index in [1.165, 1.54) is 11.3 Å². The van der Waals surface area contributed by atoms with Gasteiger partial charge in [-0.2, -0.15) is 0 Å². The predicted molar refractivity (Wildman–Crippen MR) is 102 cm³/mol. The molecule has 132 valence electrons. The summed E-state index contributed by atoms with van der Waals surface area (Å²) >= 11 is 7.39. The highest BCUT2D eigenvalue weighted by Gasteiger charge is 2.14. The molecule has 0 bridgehead atoms. The van der Waals surface area contributed by atoms with Gasteiger partial charge in [-0.3, -0.25) is 4.79 Å². The Bertz CT molecular complexity index is 957. The fourth-order valence-electron chi connectivity index (χ4n) is 2.66. The highest BCUT2D eigenvalue weighted by molar-refractivity contribution is 7.14. The average molecular weight is 387 g/mol. The van der Waals surface area contributed by atoms with Crippen LogP contribution in [0.5, 0.6) is 11.5 Å². The van der Waals surface area contributed by atoms with Crippen LogP contribution in [0.2, 0.25) is 5.02 Å². The summed E-state index contributed by atoms with van der Waals surface area (Å²) in [6.45, 7) is 1.07. The molecule has 0 unspecified atom stereocenters. The molecule has 5 nitrogen and oxygen atoms in total. The van der Waals surface area contributed by atoms with Crippen molar-refractivity contribution in [1.82, 2.24) is 4.98 Å². The van der Waals surface area contributed by atoms with E-state index in [4.69, 9.17) is 21.1 Å². The zero-order valence-corrected chi connectivity index (χ0v) is 15.3. The van der Waals surface area contributed by atoms with Crippen molar-refractivity contribution in [2.45, 2.75) is 6.42 Å². The molecular weight excluding hydrogens is 372 g/mol. The van der Waals surface area contributed by atoms with Gasteiger partial charge < -0.3 is 14.8 Å². The molecule has 7 heteroatoms. The van der Waals surface area contributed by atoms with Gasteiger partial charge >= 0.3 is 0 Å².